The number of likely N-dealkylation sites (N-methyl/N-ethyl adjacent to an activating group) is 1. The Balaban J connectivity index is 1.69. The summed E-state index contributed by atoms with van der Waals surface area (Å²) in [6, 6.07) is 9.05. The Labute approximate surface area is 158 Å². The fraction of sp³-hybridized carbons (Fsp3) is 0.667. The molecule has 5 heteroatoms. The molecule has 0 radical (unpaired) electrons. The Morgan fingerprint density at radius 1 is 1.12 bits per heavy atom. The van der Waals surface area contributed by atoms with E-state index in [0.717, 1.165) is 39.0 Å². The first-order valence-corrected chi connectivity index (χ1v) is 10.0. The van der Waals surface area contributed by atoms with E-state index in [1.807, 2.05) is 0 Å². The zero-order valence-electron chi connectivity index (χ0n) is 16.6. The van der Waals surface area contributed by atoms with Crippen molar-refractivity contribution in [1.82, 2.24) is 15.1 Å². The molecule has 2 fully saturated rings. The van der Waals surface area contributed by atoms with Crippen LogP contribution in [0, 0.1) is 5.92 Å². The second kappa shape index (κ2) is 8.87. The Morgan fingerprint density at radius 2 is 1.73 bits per heavy atom. The Kier molecular flexibility index (Phi) is 6.54. The zero-order valence-corrected chi connectivity index (χ0v) is 16.6. The molecule has 144 valence electrons. The number of nitrogens with one attached hydrogen (secondary N) is 1. The van der Waals surface area contributed by atoms with Crippen molar-refractivity contribution in [2.45, 2.75) is 31.7 Å². The minimum absolute atomic E-state index is 0.235. The van der Waals surface area contributed by atoms with E-state index in [2.05, 4.69) is 65.4 Å². The molecule has 1 saturated heterocycles. The van der Waals surface area contributed by atoms with Gasteiger partial charge in [-0.15, -0.1) is 0 Å². The molecule has 1 amide bonds. The lowest BCUT2D eigenvalue weighted by Gasteiger charge is -2.38. The second-order valence-corrected chi connectivity index (χ2v) is 8.07. The number of amides is 1. The summed E-state index contributed by atoms with van der Waals surface area (Å²) in [5.41, 5.74) is 2.51. The smallest absolute Gasteiger partial charge is 0.223 e. The predicted octanol–water partition coefficient (Wildman–Crippen LogP) is 2.35. The van der Waals surface area contributed by atoms with Crippen LogP contribution < -0.4 is 10.2 Å². The molecule has 26 heavy (non-hydrogen) atoms. The number of hydrogen-bond acceptors (Lipinski definition) is 4. The zero-order chi connectivity index (χ0) is 18.5. The highest BCUT2D eigenvalue weighted by atomic mass is 16.1. The highest BCUT2D eigenvalue weighted by Crippen LogP contribution is 2.26. The maximum atomic E-state index is 12.5. The molecule has 3 rings (SSSR count). The Hall–Kier alpha value is -1.59. The fourth-order valence-corrected chi connectivity index (χ4v) is 4.12. The first-order chi connectivity index (χ1) is 12.5. The van der Waals surface area contributed by atoms with Crippen molar-refractivity contribution >= 4 is 11.6 Å². The van der Waals surface area contributed by atoms with E-state index in [1.165, 1.54) is 24.1 Å². The van der Waals surface area contributed by atoms with Crippen molar-refractivity contribution < 1.29 is 4.79 Å². The number of rotatable bonds is 6. The third-order valence-electron chi connectivity index (χ3n) is 5.97. The van der Waals surface area contributed by atoms with Crippen LogP contribution in [-0.2, 0) is 4.79 Å². The minimum Gasteiger partial charge on any atom is -0.378 e. The molecule has 1 atom stereocenters. The van der Waals surface area contributed by atoms with E-state index in [1.54, 1.807) is 0 Å². The van der Waals surface area contributed by atoms with Gasteiger partial charge in [0.2, 0.25) is 5.91 Å². The van der Waals surface area contributed by atoms with Crippen LogP contribution in [0.15, 0.2) is 24.3 Å². The third-order valence-corrected chi connectivity index (χ3v) is 5.97. The highest BCUT2D eigenvalue weighted by molar-refractivity contribution is 5.78. The lowest BCUT2D eigenvalue weighted by Crippen LogP contribution is -2.48. The van der Waals surface area contributed by atoms with Gasteiger partial charge in [0.15, 0.2) is 0 Å². The molecule has 1 aromatic rings. The summed E-state index contributed by atoms with van der Waals surface area (Å²) in [5, 5.41) is 3.26. The number of piperazine rings is 1. The summed E-state index contributed by atoms with van der Waals surface area (Å²) >= 11 is 0. The highest BCUT2D eigenvalue weighted by Gasteiger charge is 2.27. The average molecular weight is 359 g/mol. The molecular formula is C21H34N4O. The van der Waals surface area contributed by atoms with Gasteiger partial charge in [0, 0.05) is 58.4 Å². The molecule has 5 nitrogen and oxygen atoms in total. The summed E-state index contributed by atoms with van der Waals surface area (Å²) in [6.07, 6.45) is 4.52. The quantitative estimate of drug-likeness (QED) is 0.847. The molecule has 0 bridgehead atoms. The van der Waals surface area contributed by atoms with Gasteiger partial charge in [0.05, 0.1) is 6.04 Å². The SMILES string of the molecule is CN1CCN(C(CNC(=O)C2CCCC2)c2ccc(N(C)C)cc2)CC1. The van der Waals surface area contributed by atoms with E-state index in [-0.39, 0.29) is 17.9 Å². The van der Waals surface area contributed by atoms with Crippen molar-refractivity contribution in [3.8, 4) is 0 Å². The van der Waals surface area contributed by atoms with Crippen LogP contribution in [0.1, 0.15) is 37.3 Å². The Bertz CT molecular complexity index is 572. The van der Waals surface area contributed by atoms with Crippen molar-refractivity contribution in [3.05, 3.63) is 29.8 Å². The molecule has 1 saturated carbocycles. The summed E-state index contributed by atoms with van der Waals surface area (Å²) in [5.74, 6) is 0.491. The van der Waals surface area contributed by atoms with Crippen LogP contribution in [0.25, 0.3) is 0 Å². The van der Waals surface area contributed by atoms with E-state index in [9.17, 15) is 4.79 Å². The normalized spacial score (nSPS) is 20.9. The number of anilines is 1. The molecule has 0 aromatic heterocycles. The lowest BCUT2D eigenvalue weighted by molar-refractivity contribution is -0.125. The fourth-order valence-electron chi connectivity index (χ4n) is 4.12. The Morgan fingerprint density at radius 3 is 2.31 bits per heavy atom. The molecule has 2 aliphatic rings. The van der Waals surface area contributed by atoms with E-state index >= 15 is 0 Å². The molecule has 1 aromatic carbocycles. The van der Waals surface area contributed by atoms with E-state index in [0.29, 0.717) is 6.54 Å². The average Bonchev–Trinajstić information content (AvgIpc) is 3.18. The first-order valence-electron chi connectivity index (χ1n) is 10.0. The lowest BCUT2D eigenvalue weighted by atomic mass is 10.0. The van der Waals surface area contributed by atoms with Crippen molar-refractivity contribution in [1.29, 1.82) is 0 Å². The van der Waals surface area contributed by atoms with Gasteiger partial charge in [-0.05, 0) is 37.6 Å². The van der Waals surface area contributed by atoms with Gasteiger partial charge in [0.25, 0.3) is 0 Å². The van der Waals surface area contributed by atoms with Gasteiger partial charge < -0.3 is 15.1 Å². The van der Waals surface area contributed by atoms with Crippen LogP contribution in [0.4, 0.5) is 5.69 Å². The van der Waals surface area contributed by atoms with Gasteiger partial charge in [-0.25, -0.2) is 0 Å². The van der Waals surface area contributed by atoms with Crippen LogP contribution in [-0.4, -0.2) is 69.6 Å². The summed E-state index contributed by atoms with van der Waals surface area (Å²) in [7, 11) is 6.31. The van der Waals surface area contributed by atoms with Crippen LogP contribution >= 0.6 is 0 Å². The summed E-state index contributed by atoms with van der Waals surface area (Å²) < 4.78 is 0. The summed E-state index contributed by atoms with van der Waals surface area (Å²) in [6.45, 7) is 4.98. The largest absolute Gasteiger partial charge is 0.378 e. The van der Waals surface area contributed by atoms with Gasteiger partial charge in [-0.2, -0.15) is 0 Å². The maximum absolute atomic E-state index is 12.5. The van der Waals surface area contributed by atoms with Gasteiger partial charge >= 0.3 is 0 Å². The summed E-state index contributed by atoms with van der Waals surface area (Å²) in [4.78, 5) is 19.5. The van der Waals surface area contributed by atoms with Crippen LogP contribution in [0.3, 0.4) is 0 Å². The van der Waals surface area contributed by atoms with Gasteiger partial charge in [-0.3, -0.25) is 9.69 Å². The number of benzene rings is 1. The third kappa shape index (κ3) is 4.77. The van der Waals surface area contributed by atoms with Gasteiger partial charge in [-0.1, -0.05) is 25.0 Å². The monoisotopic (exact) mass is 358 g/mol. The molecule has 1 unspecified atom stereocenters. The van der Waals surface area contributed by atoms with Crippen LogP contribution in [0.5, 0.6) is 0 Å². The van der Waals surface area contributed by atoms with Gasteiger partial charge in [0.1, 0.15) is 0 Å². The number of carbonyl (C=O) groups excluding carboxylic acids is 1. The number of nitrogens with zero attached hydrogens (tertiary/aromatic N) is 3. The van der Waals surface area contributed by atoms with E-state index < -0.39 is 0 Å². The van der Waals surface area contributed by atoms with Crippen molar-refractivity contribution in [2.75, 3.05) is 58.8 Å². The minimum atomic E-state index is 0.235. The molecule has 0 spiro atoms. The topological polar surface area (TPSA) is 38.8 Å². The molecule has 1 aliphatic heterocycles. The molecule has 1 N–H and O–H groups in total. The first kappa shape index (κ1) is 19.2. The second-order valence-electron chi connectivity index (χ2n) is 8.07. The molecule has 1 heterocycles. The van der Waals surface area contributed by atoms with Crippen molar-refractivity contribution in [3.63, 3.8) is 0 Å². The maximum Gasteiger partial charge on any atom is 0.223 e. The van der Waals surface area contributed by atoms with Crippen LogP contribution in [0.2, 0.25) is 0 Å². The molecule has 1 aliphatic carbocycles. The number of hydrogen-bond donors (Lipinski definition) is 1. The van der Waals surface area contributed by atoms with E-state index in [4.69, 9.17) is 0 Å². The van der Waals surface area contributed by atoms with Crippen molar-refractivity contribution in [2.24, 2.45) is 5.92 Å². The molecular weight excluding hydrogens is 324 g/mol. The predicted molar refractivity (Wildman–Crippen MR) is 108 cm³/mol. The standard InChI is InChI=1S/C21H34N4O/c1-23(2)19-10-8-17(9-11-19)20(25-14-12-24(3)13-15-25)16-22-21(26)18-6-4-5-7-18/h8-11,18,20H,4-7,12-16H2,1-3H3,(H,22,26). The number of carbonyl (C=O) groups is 1.